The Hall–Kier alpha value is -1.78. The van der Waals surface area contributed by atoms with Gasteiger partial charge in [0.1, 0.15) is 5.69 Å². The number of hydrogen-bond acceptors (Lipinski definition) is 4. The number of nitrogens with one attached hydrogen (secondary N) is 1. The maximum Gasteiger partial charge on any atom is 0.333 e. The Labute approximate surface area is 114 Å². The molecule has 0 saturated heterocycles. The summed E-state index contributed by atoms with van der Waals surface area (Å²) < 4.78 is 5.33. The zero-order chi connectivity index (χ0) is 14.4. The molecule has 0 heterocycles. The molecule has 0 aliphatic heterocycles. The Morgan fingerprint density at radius 2 is 2.05 bits per heavy atom. The summed E-state index contributed by atoms with van der Waals surface area (Å²) in [5.41, 5.74) is 0.531. The molecule has 0 radical (unpaired) electrons. The number of nitro groups is 1. The predicted octanol–water partition coefficient (Wildman–Crippen LogP) is 3.84. The van der Waals surface area contributed by atoms with Gasteiger partial charge in [-0.1, -0.05) is 26.3 Å². The maximum atomic E-state index is 11.2. The fourth-order valence-electron chi connectivity index (χ4n) is 1.84. The average Bonchev–Trinajstić information content (AvgIpc) is 2.37. The van der Waals surface area contributed by atoms with Crippen molar-refractivity contribution in [3.63, 3.8) is 0 Å². The summed E-state index contributed by atoms with van der Waals surface area (Å²) in [6, 6.07) is 5.28. The average molecular weight is 266 g/mol. The van der Waals surface area contributed by atoms with Gasteiger partial charge in [0.05, 0.1) is 11.5 Å². The van der Waals surface area contributed by atoms with Gasteiger partial charge in [0.15, 0.2) is 5.75 Å². The molecule has 0 saturated carbocycles. The molecule has 106 valence electrons. The van der Waals surface area contributed by atoms with Gasteiger partial charge in [0, 0.05) is 6.04 Å². The first-order valence-corrected chi connectivity index (χ1v) is 6.67. The molecule has 0 aromatic heterocycles. The molecule has 2 unspecified atom stereocenters. The van der Waals surface area contributed by atoms with Crippen LogP contribution < -0.4 is 10.1 Å². The Balaban J connectivity index is 3.06. The van der Waals surface area contributed by atoms with Crippen molar-refractivity contribution in [2.75, 3.05) is 11.9 Å². The summed E-state index contributed by atoms with van der Waals surface area (Å²) in [6.07, 6.45) is 1.02. The van der Waals surface area contributed by atoms with Crippen LogP contribution in [0.15, 0.2) is 18.2 Å². The summed E-state index contributed by atoms with van der Waals surface area (Å²) >= 11 is 0. The Morgan fingerprint density at radius 3 is 2.58 bits per heavy atom. The van der Waals surface area contributed by atoms with Gasteiger partial charge in [0.25, 0.3) is 0 Å². The molecule has 1 aromatic carbocycles. The van der Waals surface area contributed by atoms with E-state index in [1.807, 2.05) is 13.8 Å². The van der Waals surface area contributed by atoms with E-state index in [9.17, 15) is 10.1 Å². The van der Waals surface area contributed by atoms with Crippen molar-refractivity contribution in [3.8, 4) is 5.75 Å². The summed E-state index contributed by atoms with van der Waals surface area (Å²) in [5.74, 6) is 0.754. The molecule has 5 nitrogen and oxygen atoms in total. The van der Waals surface area contributed by atoms with Crippen molar-refractivity contribution < 1.29 is 9.66 Å². The number of benzene rings is 1. The van der Waals surface area contributed by atoms with Gasteiger partial charge in [-0.3, -0.25) is 10.1 Å². The van der Waals surface area contributed by atoms with Gasteiger partial charge < -0.3 is 10.1 Å². The lowest BCUT2D eigenvalue weighted by Crippen LogP contribution is -2.23. The van der Waals surface area contributed by atoms with Gasteiger partial charge in [-0.25, -0.2) is 0 Å². The maximum absolute atomic E-state index is 11.2. The van der Waals surface area contributed by atoms with Gasteiger partial charge in [-0.15, -0.1) is 0 Å². The molecule has 0 aliphatic rings. The van der Waals surface area contributed by atoms with Crippen LogP contribution in [0.3, 0.4) is 0 Å². The highest BCUT2D eigenvalue weighted by atomic mass is 16.6. The summed E-state index contributed by atoms with van der Waals surface area (Å²) in [5, 5.41) is 14.4. The number of nitrogens with zero attached hydrogens (tertiary/aromatic N) is 1. The molecular formula is C14H22N2O3. The molecule has 0 aliphatic carbocycles. The SMILES string of the molecule is CCOc1cccc(NC(C)C(C)CC)c1[N+](=O)[O-]. The first-order valence-electron chi connectivity index (χ1n) is 6.67. The third-order valence-electron chi connectivity index (χ3n) is 3.36. The third-order valence-corrected chi connectivity index (χ3v) is 3.36. The lowest BCUT2D eigenvalue weighted by Gasteiger charge is -2.21. The summed E-state index contributed by atoms with van der Waals surface area (Å²) in [7, 11) is 0. The van der Waals surface area contributed by atoms with E-state index >= 15 is 0 Å². The molecule has 0 spiro atoms. The van der Waals surface area contributed by atoms with E-state index in [-0.39, 0.29) is 11.7 Å². The highest BCUT2D eigenvalue weighted by molar-refractivity contribution is 5.68. The highest BCUT2D eigenvalue weighted by Crippen LogP contribution is 2.35. The van der Waals surface area contributed by atoms with Crippen LogP contribution in [0.1, 0.15) is 34.1 Å². The molecule has 0 bridgehead atoms. The number of rotatable bonds is 7. The van der Waals surface area contributed by atoms with E-state index in [1.165, 1.54) is 0 Å². The highest BCUT2D eigenvalue weighted by Gasteiger charge is 2.22. The minimum absolute atomic E-state index is 0.0134. The first-order chi connectivity index (χ1) is 9.01. The lowest BCUT2D eigenvalue weighted by atomic mass is 10.0. The van der Waals surface area contributed by atoms with E-state index < -0.39 is 4.92 Å². The smallest absolute Gasteiger partial charge is 0.333 e. The fourth-order valence-corrected chi connectivity index (χ4v) is 1.84. The minimum Gasteiger partial charge on any atom is -0.487 e. The molecule has 1 rings (SSSR count). The van der Waals surface area contributed by atoms with Gasteiger partial charge in [-0.05, 0) is 31.9 Å². The lowest BCUT2D eigenvalue weighted by molar-refractivity contribution is -0.385. The summed E-state index contributed by atoms with van der Waals surface area (Å²) in [6.45, 7) is 8.48. The molecule has 19 heavy (non-hydrogen) atoms. The topological polar surface area (TPSA) is 64.4 Å². The van der Waals surface area contributed by atoms with Crippen LogP contribution in [0.4, 0.5) is 11.4 Å². The molecule has 1 aromatic rings. The van der Waals surface area contributed by atoms with Crippen LogP contribution >= 0.6 is 0 Å². The number of para-hydroxylation sites is 1. The van der Waals surface area contributed by atoms with E-state index in [1.54, 1.807) is 18.2 Å². The molecule has 5 heteroatoms. The van der Waals surface area contributed by atoms with Crippen LogP contribution in [0.5, 0.6) is 5.75 Å². The molecule has 2 atom stereocenters. The van der Waals surface area contributed by atoms with Crippen LogP contribution in [0, 0.1) is 16.0 Å². The van der Waals surface area contributed by atoms with Crippen molar-refractivity contribution in [1.29, 1.82) is 0 Å². The molecule has 1 N–H and O–H groups in total. The Morgan fingerprint density at radius 1 is 1.37 bits per heavy atom. The van der Waals surface area contributed by atoms with Crippen molar-refractivity contribution >= 4 is 11.4 Å². The normalized spacial score (nSPS) is 13.7. The second-order valence-corrected chi connectivity index (χ2v) is 4.66. The van der Waals surface area contributed by atoms with E-state index in [0.29, 0.717) is 24.0 Å². The molecule has 0 amide bonds. The van der Waals surface area contributed by atoms with Gasteiger partial charge in [-0.2, -0.15) is 0 Å². The van der Waals surface area contributed by atoms with Crippen molar-refractivity contribution in [3.05, 3.63) is 28.3 Å². The van der Waals surface area contributed by atoms with E-state index in [0.717, 1.165) is 6.42 Å². The van der Waals surface area contributed by atoms with Gasteiger partial charge >= 0.3 is 5.69 Å². The second-order valence-electron chi connectivity index (χ2n) is 4.66. The number of ether oxygens (including phenoxy) is 1. The minimum atomic E-state index is -0.392. The quantitative estimate of drug-likeness (QED) is 0.601. The number of nitro benzene ring substituents is 1. The number of anilines is 1. The van der Waals surface area contributed by atoms with Crippen molar-refractivity contribution in [2.24, 2.45) is 5.92 Å². The predicted molar refractivity (Wildman–Crippen MR) is 76.8 cm³/mol. The third kappa shape index (κ3) is 3.84. The Kier molecular flexibility index (Phi) is 5.60. The van der Waals surface area contributed by atoms with E-state index in [4.69, 9.17) is 4.74 Å². The van der Waals surface area contributed by atoms with Crippen LogP contribution in [0.2, 0.25) is 0 Å². The number of hydrogen-bond donors (Lipinski definition) is 1. The second kappa shape index (κ2) is 6.97. The van der Waals surface area contributed by atoms with Crippen molar-refractivity contribution in [2.45, 2.75) is 40.2 Å². The van der Waals surface area contributed by atoms with Gasteiger partial charge in [0.2, 0.25) is 0 Å². The van der Waals surface area contributed by atoms with E-state index in [2.05, 4.69) is 19.2 Å². The van der Waals surface area contributed by atoms with Crippen LogP contribution in [-0.2, 0) is 0 Å². The van der Waals surface area contributed by atoms with Crippen LogP contribution in [0.25, 0.3) is 0 Å². The molecular weight excluding hydrogens is 244 g/mol. The van der Waals surface area contributed by atoms with Crippen LogP contribution in [-0.4, -0.2) is 17.6 Å². The zero-order valence-electron chi connectivity index (χ0n) is 12.0. The first kappa shape index (κ1) is 15.3. The largest absolute Gasteiger partial charge is 0.487 e. The molecule has 0 fully saturated rings. The monoisotopic (exact) mass is 266 g/mol. The standard InChI is InChI=1S/C14H22N2O3/c1-5-10(3)11(4)15-12-8-7-9-13(19-6-2)14(12)16(17)18/h7-11,15H,5-6H2,1-4H3. The fraction of sp³-hybridized carbons (Fsp3) is 0.571. The summed E-state index contributed by atoms with van der Waals surface area (Å²) in [4.78, 5) is 10.8. The zero-order valence-corrected chi connectivity index (χ0v) is 12.0. The van der Waals surface area contributed by atoms with Crippen molar-refractivity contribution in [1.82, 2.24) is 0 Å². The Bertz CT molecular complexity index is 435.